The third-order valence-corrected chi connectivity index (χ3v) is 8.52. The van der Waals surface area contributed by atoms with Gasteiger partial charge in [0, 0.05) is 40.5 Å². The van der Waals surface area contributed by atoms with Crippen LogP contribution in [0.2, 0.25) is 0 Å². The minimum absolute atomic E-state index is 0.0517. The predicted molar refractivity (Wildman–Crippen MR) is 153 cm³/mol. The van der Waals surface area contributed by atoms with Crippen LogP contribution in [0, 0.1) is 41.1 Å². The van der Waals surface area contributed by atoms with Gasteiger partial charge in [-0.15, -0.1) is 11.8 Å². The van der Waals surface area contributed by atoms with Crippen molar-refractivity contribution >= 4 is 28.9 Å². The molecule has 3 aromatic carbocycles. The van der Waals surface area contributed by atoms with Crippen LogP contribution in [-0.2, 0) is 10.5 Å². The summed E-state index contributed by atoms with van der Waals surface area (Å²) in [6, 6.07) is 18.8. The average Bonchev–Trinajstić information content (AvgIpc) is 2.93. The Morgan fingerprint density at radius 2 is 1.88 bits per heavy atom. The summed E-state index contributed by atoms with van der Waals surface area (Å²) in [4.78, 5) is 27.1. The molecule has 0 radical (unpaired) electrons. The Labute approximate surface area is 235 Å². The summed E-state index contributed by atoms with van der Waals surface area (Å²) in [5, 5.41) is 21.8. The normalized spacial score (nSPS) is 17.1. The molecular formula is C31H27FN4O3S. The standard InChI is InChI=1S/C31H27FN4O3S/c1-18-13-19(2)25(14-20(18)17-40-24-11-9-21(32)10-12-24)29-26(16-33)31(34)35(27-7-4-8-28(37)30(27)29)22-5-3-6-23(15-22)36(38)39/h3,5-6,9-15,29H,4,7-8,17,34H2,1-2H3. The van der Waals surface area contributed by atoms with Crippen LogP contribution in [0.4, 0.5) is 15.8 Å². The lowest BCUT2D eigenvalue weighted by Crippen LogP contribution is -2.39. The highest BCUT2D eigenvalue weighted by Gasteiger charge is 2.41. The minimum Gasteiger partial charge on any atom is -0.384 e. The van der Waals surface area contributed by atoms with Gasteiger partial charge in [0.15, 0.2) is 5.78 Å². The molecule has 3 aromatic rings. The van der Waals surface area contributed by atoms with Gasteiger partial charge in [0.25, 0.3) is 5.69 Å². The second-order valence-corrected chi connectivity index (χ2v) is 11.0. The molecule has 2 aliphatic rings. The number of carbonyl (C=O) groups is 1. The molecule has 7 nitrogen and oxygen atoms in total. The maximum absolute atomic E-state index is 13.5. The van der Waals surface area contributed by atoms with Gasteiger partial charge in [0.1, 0.15) is 11.6 Å². The number of non-ortho nitro benzene ring substituents is 1. The Bertz CT molecular complexity index is 1640. The van der Waals surface area contributed by atoms with E-state index in [1.807, 2.05) is 19.9 Å². The number of benzene rings is 3. The quantitative estimate of drug-likeness (QED) is 0.199. The van der Waals surface area contributed by atoms with Crippen LogP contribution < -0.4 is 10.6 Å². The number of thioether (sulfide) groups is 1. The summed E-state index contributed by atoms with van der Waals surface area (Å²) in [6.45, 7) is 3.99. The van der Waals surface area contributed by atoms with Crippen molar-refractivity contribution in [3.8, 4) is 6.07 Å². The number of nitro groups is 1. The van der Waals surface area contributed by atoms with Gasteiger partial charge in [0.2, 0.25) is 0 Å². The number of rotatable bonds is 6. The zero-order valence-electron chi connectivity index (χ0n) is 22.1. The number of anilines is 1. The van der Waals surface area contributed by atoms with Crippen molar-refractivity contribution in [2.24, 2.45) is 5.73 Å². The van der Waals surface area contributed by atoms with Gasteiger partial charge in [-0.2, -0.15) is 5.26 Å². The highest BCUT2D eigenvalue weighted by Crippen LogP contribution is 2.47. The zero-order chi connectivity index (χ0) is 28.6. The summed E-state index contributed by atoms with van der Waals surface area (Å²) in [7, 11) is 0. The SMILES string of the molecule is Cc1cc(C)c(C2C(C#N)=C(N)N(c3cccc([N+](=O)[O-])c3)C3=C2C(=O)CCC3)cc1CSc1ccc(F)cc1. The number of ketones is 1. The fourth-order valence-corrected chi connectivity index (χ4v) is 6.47. The first-order valence-electron chi connectivity index (χ1n) is 12.9. The van der Waals surface area contributed by atoms with E-state index in [1.54, 1.807) is 40.9 Å². The Balaban J connectivity index is 1.63. The number of hydrogen-bond donors (Lipinski definition) is 1. The van der Waals surface area contributed by atoms with Crippen molar-refractivity contribution in [3.05, 3.63) is 122 Å². The number of hydrogen-bond acceptors (Lipinski definition) is 7. The highest BCUT2D eigenvalue weighted by atomic mass is 32.2. The fraction of sp³-hybridized carbons (Fsp3) is 0.226. The number of nitrogens with two attached hydrogens (primary N) is 1. The van der Waals surface area contributed by atoms with E-state index in [4.69, 9.17) is 5.73 Å². The lowest BCUT2D eigenvalue weighted by atomic mass is 9.74. The van der Waals surface area contributed by atoms with Crippen LogP contribution in [0.15, 0.2) is 88.2 Å². The van der Waals surface area contributed by atoms with E-state index in [0.29, 0.717) is 42.0 Å². The zero-order valence-corrected chi connectivity index (χ0v) is 22.9. The first-order valence-corrected chi connectivity index (χ1v) is 13.9. The number of nitriles is 1. The molecule has 0 saturated heterocycles. The summed E-state index contributed by atoms with van der Waals surface area (Å²) in [5.41, 5.74) is 12.3. The van der Waals surface area contributed by atoms with Gasteiger partial charge in [-0.05, 0) is 79.3 Å². The topological polar surface area (TPSA) is 113 Å². The summed E-state index contributed by atoms with van der Waals surface area (Å²) < 4.78 is 13.4. The van der Waals surface area contributed by atoms with Crippen molar-refractivity contribution in [2.45, 2.75) is 49.7 Å². The lowest BCUT2D eigenvalue weighted by Gasteiger charge is -2.40. The monoisotopic (exact) mass is 554 g/mol. The number of Topliss-reactive ketones (excluding diaryl/α,β-unsaturated/α-hetero) is 1. The van der Waals surface area contributed by atoms with Crippen LogP contribution in [0.3, 0.4) is 0 Å². The first-order chi connectivity index (χ1) is 19.2. The molecule has 9 heteroatoms. The third-order valence-electron chi connectivity index (χ3n) is 7.46. The van der Waals surface area contributed by atoms with Crippen LogP contribution in [0.25, 0.3) is 0 Å². The molecular weight excluding hydrogens is 527 g/mol. The summed E-state index contributed by atoms with van der Waals surface area (Å²) >= 11 is 1.58. The van der Waals surface area contributed by atoms with E-state index in [9.17, 15) is 24.6 Å². The molecule has 0 amide bonds. The molecule has 0 aromatic heterocycles. The van der Waals surface area contributed by atoms with E-state index < -0.39 is 10.8 Å². The van der Waals surface area contributed by atoms with E-state index in [1.165, 1.54) is 24.3 Å². The molecule has 0 spiro atoms. The minimum atomic E-state index is -0.641. The Hall–Kier alpha value is -4.42. The number of allylic oxidation sites excluding steroid dienone is 3. The summed E-state index contributed by atoms with van der Waals surface area (Å²) in [5.74, 6) is -0.187. The number of nitro benzene ring substituents is 1. The second-order valence-electron chi connectivity index (χ2n) is 9.97. The van der Waals surface area contributed by atoms with Gasteiger partial charge in [-0.1, -0.05) is 18.2 Å². The maximum atomic E-state index is 13.5. The highest BCUT2D eigenvalue weighted by molar-refractivity contribution is 7.98. The lowest BCUT2D eigenvalue weighted by molar-refractivity contribution is -0.384. The van der Waals surface area contributed by atoms with Crippen LogP contribution in [-0.4, -0.2) is 10.7 Å². The number of nitrogens with zero attached hydrogens (tertiary/aromatic N) is 3. The van der Waals surface area contributed by atoms with Crippen LogP contribution in [0.1, 0.15) is 47.4 Å². The van der Waals surface area contributed by atoms with Gasteiger partial charge >= 0.3 is 0 Å². The van der Waals surface area contributed by atoms with Crippen molar-refractivity contribution < 1.29 is 14.1 Å². The van der Waals surface area contributed by atoms with E-state index in [0.717, 1.165) is 27.1 Å². The van der Waals surface area contributed by atoms with E-state index in [2.05, 4.69) is 12.1 Å². The molecule has 1 aliphatic heterocycles. The first kappa shape index (κ1) is 27.2. The second kappa shape index (κ2) is 11.0. The van der Waals surface area contributed by atoms with Gasteiger partial charge < -0.3 is 5.73 Å². The van der Waals surface area contributed by atoms with Crippen LogP contribution in [0.5, 0.6) is 0 Å². The van der Waals surface area contributed by atoms with Gasteiger partial charge in [0.05, 0.1) is 28.2 Å². The predicted octanol–water partition coefficient (Wildman–Crippen LogP) is 6.95. The van der Waals surface area contributed by atoms with Crippen molar-refractivity contribution in [1.82, 2.24) is 0 Å². The number of carbonyl (C=O) groups excluding carboxylic acids is 1. The number of halogens is 1. The molecule has 0 saturated carbocycles. The van der Waals surface area contributed by atoms with Crippen molar-refractivity contribution in [2.75, 3.05) is 4.90 Å². The molecule has 40 heavy (non-hydrogen) atoms. The van der Waals surface area contributed by atoms with Crippen molar-refractivity contribution in [3.63, 3.8) is 0 Å². The van der Waals surface area contributed by atoms with Gasteiger partial charge in [-0.25, -0.2) is 4.39 Å². The Morgan fingerprint density at radius 3 is 2.58 bits per heavy atom. The maximum Gasteiger partial charge on any atom is 0.271 e. The van der Waals surface area contributed by atoms with Gasteiger partial charge in [-0.3, -0.25) is 19.8 Å². The van der Waals surface area contributed by atoms with Crippen LogP contribution >= 0.6 is 11.8 Å². The third kappa shape index (κ3) is 4.98. The molecule has 1 atom stereocenters. The fourth-order valence-electron chi connectivity index (χ4n) is 5.51. The Morgan fingerprint density at radius 1 is 1.12 bits per heavy atom. The molecule has 0 bridgehead atoms. The van der Waals surface area contributed by atoms with E-state index in [-0.39, 0.29) is 28.7 Å². The van der Waals surface area contributed by atoms with E-state index >= 15 is 0 Å². The smallest absolute Gasteiger partial charge is 0.271 e. The molecule has 1 unspecified atom stereocenters. The average molecular weight is 555 g/mol. The molecule has 0 fully saturated rings. The summed E-state index contributed by atoms with van der Waals surface area (Å²) in [6.07, 6.45) is 1.53. The molecule has 1 heterocycles. The number of aryl methyl sites for hydroxylation is 2. The molecule has 1 aliphatic carbocycles. The molecule has 2 N–H and O–H groups in total. The molecule has 202 valence electrons. The van der Waals surface area contributed by atoms with Crippen molar-refractivity contribution in [1.29, 1.82) is 5.26 Å². The Kier molecular flexibility index (Phi) is 7.46. The molecule has 5 rings (SSSR count). The largest absolute Gasteiger partial charge is 0.384 e.